The largest absolute Gasteiger partial charge is 0.379 e. The van der Waals surface area contributed by atoms with Crippen molar-refractivity contribution in [3.05, 3.63) is 35.9 Å². The van der Waals surface area contributed by atoms with Crippen LogP contribution in [-0.2, 0) is 9.53 Å². The van der Waals surface area contributed by atoms with E-state index in [0.29, 0.717) is 17.7 Å². The van der Waals surface area contributed by atoms with Gasteiger partial charge in [0.15, 0.2) is 0 Å². The summed E-state index contributed by atoms with van der Waals surface area (Å²) < 4.78 is 5.44. The molecule has 3 atom stereocenters. The molecule has 3 fully saturated rings. The minimum absolute atomic E-state index is 0.231. The SMILES string of the molecule is O=C([C@@H]1C[C@H]1c1ccccc1)N1CCC[C@@H](CN2CCOCC2)C1. The standard InChI is InChI=1S/C20H28N2O2/c23-20(19-13-18(19)17-6-2-1-3-7-17)22-8-4-5-16(15-22)14-21-9-11-24-12-10-21/h1-3,6-7,16,18-19H,4-5,8-15H2/t16-,18-,19+/m0/s1. The second kappa shape index (κ2) is 7.24. The summed E-state index contributed by atoms with van der Waals surface area (Å²) in [5, 5.41) is 0. The third kappa shape index (κ3) is 3.65. The van der Waals surface area contributed by atoms with Gasteiger partial charge in [-0.1, -0.05) is 30.3 Å². The fourth-order valence-electron chi connectivity index (χ4n) is 4.33. The third-order valence-corrected chi connectivity index (χ3v) is 5.79. The van der Waals surface area contributed by atoms with Crippen molar-refractivity contribution in [2.45, 2.75) is 25.2 Å². The van der Waals surface area contributed by atoms with Gasteiger partial charge in [-0.05, 0) is 36.7 Å². The van der Waals surface area contributed by atoms with Crippen molar-refractivity contribution in [3.8, 4) is 0 Å². The van der Waals surface area contributed by atoms with Gasteiger partial charge in [-0.3, -0.25) is 9.69 Å². The molecule has 4 nitrogen and oxygen atoms in total. The minimum Gasteiger partial charge on any atom is -0.379 e. The molecular formula is C20H28N2O2. The quantitative estimate of drug-likeness (QED) is 0.851. The number of rotatable bonds is 4. The monoisotopic (exact) mass is 328 g/mol. The maximum Gasteiger partial charge on any atom is 0.226 e. The van der Waals surface area contributed by atoms with E-state index in [2.05, 4.69) is 34.1 Å². The Bertz CT molecular complexity index is 556. The summed E-state index contributed by atoms with van der Waals surface area (Å²) in [6, 6.07) is 10.5. The maximum absolute atomic E-state index is 12.9. The van der Waals surface area contributed by atoms with E-state index < -0.39 is 0 Å². The van der Waals surface area contributed by atoms with Crippen molar-refractivity contribution in [1.82, 2.24) is 9.80 Å². The number of carbonyl (C=O) groups is 1. The minimum atomic E-state index is 0.231. The molecule has 1 aromatic rings. The van der Waals surface area contributed by atoms with Gasteiger partial charge in [0.2, 0.25) is 5.91 Å². The molecule has 0 bridgehead atoms. The van der Waals surface area contributed by atoms with Crippen molar-refractivity contribution < 1.29 is 9.53 Å². The van der Waals surface area contributed by atoms with E-state index in [-0.39, 0.29) is 5.92 Å². The van der Waals surface area contributed by atoms with Crippen molar-refractivity contribution in [2.24, 2.45) is 11.8 Å². The van der Waals surface area contributed by atoms with Crippen molar-refractivity contribution >= 4 is 5.91 Å². The number of hydrogen-bond donors (Lipinski definition) is 0. The molecule has 2 heterocycles. The van der Waals surface area contributed by atoms with Crippen LogP contribution in [-0.4, -0.2) is 61.6 Å². The highest BCUT2D eigenvalue weighted by atomic mass is 16.5. The average molecular weight is 328 g/mol. The van der Waals surface area contributed by atoms with Gasteiger partial charge < -0.3 is 9.64 Å². The Morgan fingerprint density at radius 2 is 1.92 bits per heavy atom. The lowest BCUT2D eigenvalue weighted by molar-refractivity contribution is -0.134. The Hall–Kier alpha value is -1.39. The lowest BCUT2D eigenvalue weighted by Gasteiger charge is -2.37. The van der Waals surface area contributed by atoms with Gasteiger partial charge in [-0.25, -0.2) is 0 Å². The van der Waals surface area contributed by atoms with Gasteiger partial charge in [-0.2, -0.15) is 0 Å². The highest BCUT2D eigenvalue weighted by molar-refractivity contribution is 5.83. The molecule has 4 heteroatoms. The Morgan fingerprint density at radius 1 is 1.12 bits per heavy atom. The van der Waals surface area contributed by atoms with E-state index in [1.807, 2.05) is 6.07 Å². The van der Waals surface area contributed by atoms with Gasteiger partial charge >= 0.3 is 0 Å². The number of piperidine rings is 1. The van der Waals surface area contributed by atoms with Crippen molar-refractivity contribution in [2.75, 3.05) is 45.9 Å². The lowest BCUT2D eigenvalue weighted by Crippen LogP contribution is -2.46. The van der Waals surface area contributed by atoms with E-state index in [4.69, 9.17) is 4.74 Å². The molecule has 1 aromatic carbocycles. The second-order valence-corrected chi connectivity index (χ2v) is 7.56. The zero-order valence-corrected chi connectivity index (χ0v) is 14.4. The molecule has 0 unspecified atom stereocenters. The molecule has 2 aliphatic heterocycles. The molecule has 0 spiro atoms. The molecule has 1 saturated carbocycles. The molecule has 3 aliphatic rings. The molecule has 1 amide bonds. The van der Waals surface area contributed by atoms with Crippen LogP contribution in [0.1, 0.15) is 30.7 Å². The molecule has 2 saturated heterocycles. The number of hydrogen-bond acceptors (Lipinski definition) is 3. The lowest BCUT2D eigenvalue weighted by atomic mass is 9.96. The number of ether oxygens (including phenoxy) is 1. The van der Waals surface area contributed by atoms with Crippen LogP contribution in [0.25, 0.3) is 0 Å². The van der Waals surface area contributed by atoms with Gasteiger partial charge in [0.1, 0.15) is 0 Å². The summed E-state index contributed by atoms with van der Waals surface area (Å²) in [7, 11) is 0. The van der Waals surface area contributed by atoms with E-state index in [1.165, 1.54) is 12.0 Å². The van der Waals surface area contributed by atoms with E-state index in [0.717, 1.165) is 58.8 Å². The first-order chi connectivity index (χ1) is 11.8. The summed E-state index contributed by atoms with van der Waals surface area (Å²) in [6.07, 6.45) is 3.45. The molecule has 0 radical (unpaired) electrons. The molecule has 24 heavy (non-hydrogen) atoms. The first kappa shape index (κ1) is 16.1. The number of nitrogens with zero attached hydrogens (tertiary/aromatic N) is 2. The summed E-state index contributed by atoms with van der Waals surface area (Å²) in [5.74, 6) is 1.72. The highest BCUT2D eigenvalue weighted by Gasteiger charge is 2.46. The third-order valence-electron chi connectivity index (χ3n) is 5.79. The second-order valence-electron chi connectivity index (χ2n) is 7.56. The van der Waals surface area contributed by atoms with E-state index >= 15 is 0 Å². The number of morpholine rings is 1. The van der Waals surface area contributed by atoms with Crippen LogP contribution in [0, 0.1) is 11.8 Å². The van der Waals surface area contributed by atoms with Crippen LogP contribution in [0.4, 0.5) is 0 Å². The van der Waals surface area contributed by atoms with Crippen LogP contribution in [0.3, 0.4) is 0 Å². The molecule has 0 aromatic heterocycles. The molecule has 1 aliphatic carbocycles. The summed E-state index contributed by atoms with van der Waals surface area (Å²) in [4.78, 5) is 17.5. The topological polar surface area (TPSA) is 32.8 Å². The van der Waals surface area contributed by atoms with Crippen LogP contribution in [0.2, 0.25) is 0 Å². The number of benzene rings is 1. The fourth-order valence-corrected chi connectivity index (χ4v) is 4.33. The first-order valence-electron chi connectivity index (χ1n) is 9.45. The number of carbonyl (C=O) groups excluding carboxylic acids is 1. The molecular weight excluding hydrogens is 300 g/mol. The smallest absolute Gasteiger partial charge is 0.226 e. The van der Waals surface area contributed by atoms with Gasteiger partial charge in [0, 0.05) is 38.6 Å². The highest BCUT2D eigenvalue weighted by Crippen LogP contribution is 2.48. The maximum atomic E-state index is 12.9. The normalized spacial score (nSPS) is 31.0. The van der Waals surface area contributed by atoms with Crippen LogP contribution >= 0.6 is 0 Å². The van der Waals surface area contributed by atoms with E-state index in [9.17, 15) is 4.79 Å². The van der Waals surface area contributed by atoms with Gasteiger partial charge in [-0.15, -0.1) is 0 Å². The predicted octanol–water partition coefficient (Wildman–Crippen LogP) is 2.36. The van der Waals surface area contributed by atoms with Gasteiger partial charge in [0.25, 0.3) is 0 Å². The Kier molecular flexibility index (Phi) is 4.86. The summed E-state index contributed by atoms with van der Waals surface area (Å²) >= 11 is 0. The Labute approximate surface area is 144 Å². The van der Waals surface area contributed by atoms with Crippen LogP contribution in [0.15, 0.2) is 30.3 Å². The van der Waals surface area contributed by atoms with Crippen LogP contribution in [0.5, 0.6) is 0 Å². The molecule has 130 valence electrons. The van der Waals surface area contributed by atoms with Crippen molar-refractivity contribution in [1.29, 1.82) is 0 Å². The Balaban J connectivity index is 1.30. The summed E-state index contributed by atoms with van der Waals surface area (Å²) in [5.41, 5.74) is 1.33. The van der Waals surface area contributed by atoms with Gasteiger partial charge in [0.05, 0.1) is 13.2 Å². The Morgan fingerprint density at radius 3 is 2.71 bits per heavy atom. The number of likely N-dealkylation sites (tertiary alicyclic amines) is 1. The fraction of sp³-hybridized carbons (Fsp3) is 0.650. The molecule has 4 rings (SSSR count). The first-order valence-corrected chi connectivity index (χ1v) is 9.45. The number of amides is 1. The van der Waals surface area contributed by atoms with Crippen molar-refractivity contribution in [3.63, 3.8) is 0 Å². The van der Waals surface area contributed by atoms with Crippen LogP contribution < -0.4 is 0 Å². The summed E-state index contributed by atoms with van der Waals surface area (Å²) in [6.45, 7) is 6.84. The predicted molar refractivity (Wildman–Crippen MR) is 93.9 cm³/mol. The zero-order chi connectivity index (χ0) is 16.4. The average Bonchev–Trinajstić information content (AvgIpc) is 3.44. The zero-order valence-electron chi connectivity index (χ0n) is 14.4. The van der Waals surface area contributed by atoms with E-state index in [1.54, 1.807) is 0 Å². The molecule has 0 N–H and O–H groups in total.